The highest BCUT2D eigenvalue weighted by molar-refractivity contribution is 6.46. The van der Waals surface area contributed by atoms with Crippen molar-refractivity contribution < 1.29 is 24.2 Å². The molecule has 2 saturated heterocycles. The van der Waals surface area contributed by atoms with Gasteiger partial charge >= 0.3 is 0 Å². The zero-order valence-corrected chi connectivity index (χ0v) is 18.6. The molecule has 170 valence electrons. The number of Topliss-reactive ketones (excluding diaryl/α,β-unsaturated/α-hetero) is 1. The summed E-state index contributed by atoms with van der Waals surface area (Å²) < 4.78 is 10.9. The molecule has 9 heteroatoms. The van der Waals surface area contributed by atoms with Gasteiger partial charge in [0, 0.05) is 37.4 Å². The van der Waals surface area contributed by atoms with E-state index in [0.717, 1.165) is 13.1 Å². The molecule has 2 fully saturated rings. The third kappa shape index (κ3) is 3.89. The Hall–Kier alpha value is -3.17. The summed E-state index contributed by atoms with van der Waals surface area (Å²) in [5, 5.41) is 18.2. The molecule has 2 N–H and O–H groups in total. The first kappa shape index (κ1) is 22.0. The third-order valence-electron chi connectivity index (χ3n) is 6.10. The molecule has 3 heterocycles. The van der Waals surface area contributed by atoms with Crippen molar-refractivity contribution in [3.63, 3.8) is 0 Å². The standard InChI is InChI=1S/C23H28N4O5/c1-14-18(15(2)25-24-14)21(28)19-20(16-6-4-5-7-17(16)31-3)27(23(30)22(19)29)9-8-26-10-12-32-13-11-26/h4-7,20,28H,8-13H2,1-3H3,(H,24,25)/b21-19+. The number of carbonyl (C=O) groups is 2. The number of aryl methyl sites for hydroxylation is 2. The highest BCUT2D eigenvalue weighted by atomic mass is 16.5. The van der Waals surface area contributed by atoms with E-state index in [1.807, 2.05) is 18.2 Å². The van der Waals surface area contributed by atoms with Crippen LogP contribution in [0.2, 0.25) is 0 Å². The smallest absolute Gasteiger partial charge is 0.295 e. The van der Waals surface area contributed by atoms with Gasteiger partial charge in [-0.2, -0.15) is 5.10 Å². The number of ketones is 1. The number of hydrogen-bond acceptors (Lipinski definition) is 7. The molecule has 1 atom stereocenters. The van der Waals surface area contributed by atoms with Crippen molar-refractivity contribution >= 4 is 17.4 Å². The van der Waals surface area contributed by atoms with E-state index in [1.54, 1.807) is 27.0 Å². The summed E-state index contributed by atoms with van der Waals surface area (Å²) in [5.41, 5.74) is 2.32. The summed E-state index contributed by atoms with van der Waals surface area (Å²) in [7, 11) is 1.54. The predicted octanol–water partition coefficient (Wildman–Crippen LogP) is 1.79. The van der Waals surface area contributed by atoms with Crippen molar-refractivity contribution in [1.29, 1.82) is 0 Å². The SMILES string of the molecule is COc1ccccc1C1/C(=C(\O)c2c(C)n[nH]c2C)C(=O)C(=O)N1CCN1CCOCC1. The molecule has 2 aromatic rings. The van der Waals surface area contributed by atoms with E-state index < -0.39 is 17.7 Å². The number of benzene rings is 1. The minimum Gasteiger partial charge on any atom is -0.507 e. The Morgan fingerprint density at radius 3 is 2.59 bits per heavy atom. The van der Waals surface area contributed by atoms with Crippen LogP contribution in [0, 0.1) is 13.8 Å². The van der Waals surface area contributed by atoms with E-state index in [2.05, 4.69) is 15.1 Å². The molecule has 0 aliphatic carbocycles. The molecule has 2 aliphatic rings. The molecule has 0 bridgehead atoms. The second-order valence-corrected chi connectivity index (χ2v) is 8.00. The Kier molecular flexibility index (Phi) is 6.29. The van der Waals surface area contributed by atoms with Gasteiger partial charge in [0.25, 0.3) is 11.7 Å². The van der Waals surface area contributed by atoms with Crippen LogP contribution in [0.15, 0.2) is 29.8 Å². The molecule has 0 saturated carbocycles. The molecule has 1 unspecified atom stereocenters. The summed E-state index contributed by atoms with van der Waals surface area (Å²) in [6.45, 7) is 7.29. The van der Waals surface area contributed by atoms with Gasteiger partial charge in [0.2, 0.25) is 0 Å². The van der Waals surface area contributed by atoms with Crippen LogP contribution in [0.5, 0.6) is 5.75 Å². The Bertz CT molecular complexity index is 1030. The molecule has 1 aromatic carbocycles. The fourth-order valence-electron chi connectivity index (χ4n) is 4.43. The number of aliphatic hydroxyl groups is 1. The number of methoxy groups -OCH3 is 1. The molecule has 4 rings (SSSR count). The highest BCUT2D eigenvalue weighted by Crippen LogP contribution is 2.43. The first-order chi connectivity index (χ1) is 15.4. The van der Waals surface area contributed by atoms with Crippen LogP contribution in [0.25, 0.3) is 5.76 Å². The van der Waals surface area contributed by atoms with Crippen LogP contribution < -0.4 is 4.74 Å². The van der Waals surface area contributed by atoms with Crippen LogP contribution in [-0.2, 0) is 14.3 Å². The summed E-state index contributed by atoms with van der Waals surface area (Å²) in [6.07, 6.45) is 0. The molecular formula is C23H28N4O5. The Balaban J connectivity index is 1.80. The van der Waals surface area contributed by atoms with E-state index in [9.17, 15) is 14.7 Å². The molecular weight excluding hydrogens is 412 g/mol. The summed E-state index contributed by atoms with van der Waals surface area (Å²) >= 11 is 0. The minimum atomic E-state index is -0.763. The average Bonchev–Trinajstić information content (AvgIpc) is 3.28. The van der Waals surface area contributed by atoms with Gasteiger partial charge in [-0.3, -0.25) is 19.6 Å². The molecule has 9 nitrogen and oxygen atoms in total. The van der Waals surface area contributed by atoms with Crippen molar-refractivity contribution in [3.8, 4) is 5.75 Å². The highest BCUT2D eigenvalue weighted by Gasteiger charge is 2.47. The number of likely N-dealkylation sites (tertiary alicyclic amines) is 1. The number of aromatic nitrogens is 2. The normalized spacial score (nSPS) is 21.3. The number of aliphatic hydroxyl groups excluding tert-OH is 1. The van der Waals surface area contributed by atoms with E-state index in [4.69, 9.17) is 9.47 Å². The van der Waals surface area contributed by atoms with Crippen LogP contribution in [0.4, 0.5) is 0 Å². The Morgan fingerprint density at radius 2 is 1.94 bits per heavy atom. The summed E-state index contributed by atoms with van der Waals surface area (Å²) in [4.78, 5) is 30.1. The fraction of sp³-hybridized carbons (Fsp3) is 0.435. The van der Waals surface area contributed by atoms with Crippen LogP contribution in [-0.4, -0.2) is 83.3 Å². The number of nitrogens with one attached hydrogen (secondary N) is 1. The van der Waals surface area contributed by atoms with E-state index in [1.165, 1.54) is 4.90 Å². The Labute approximate surface area is 186 Å². The van der Waals surface area contributed by atoms with Gasteiger partial charge in [-0.1, -0.05) is 18.2 Å². The van der Waals surface area contributed by atoms with Crippen LogP contribution in [0.1, 0.15) is 28.6 Å². The lowest BCUT2D eigenvalue weighted by Gasteiger charge is -2.31. The third-order valence-corrected chi connectivity index (χ3v) is 6.10. The van der Waals surface area contributed by atoms with Gasteiger partial charge in [-0.15, -0.1) is 0 Å². The lowest BCUT2D eigenvalue weighted by atomic mass is 9.94. The summed E-state index contributed by atoms with van der Waals surface area (Å²) in [6, 6.07) is 6.49. The zero-order valence-electron chi connectivity index (χ0n) is 18.6. The minimum absolute atomic E-state index is 0.0501. The maximum Gasteiger partial charge on any atom is 0.295 e. The molecule has 2 aliphatic heterocycles. The molecule has 0 spiro atoms. The number of ether oxygens (including phenoxy) is 2. The van der Waals surface area contributed by atoms with Gasteiger partial charge in [0.05, 0.1) is 43.2 Å². The second kappa shape index (κ2) is 9.13. The van der Waals surface area contributed by atoms with Gasteiger partial charge in [0.15, 0.2) is 0 Å². The number of para-hydroxylation sites is 1. The number of nitrogens with zero attached hydrogens (tertiary/aromatic N) is 3. The number of amides is 1. The maximum atomic E-state index is 13.2. The number of morpholine rings is 1. The molecule has 1 amide bonds. The maximum absolute atomic E-state index is 13.2. The van der Waals surface area contributed by atoms with Crippen molar-refractivity contribution in [1.82, 2.24) is 20.0 Å². The second-order valence-electron chi connectivity index (χ2n) is 8.00. The fourth-order valence-corrected chi connectivity index (χ4v) is 4.43. The quantitative estimate of drug-likeness (QED) is 0.401. The van der Waals surface area contributed by atoms with Crippen LogP contribution >= 0.6 is 0 Å². The molecule has 32 heavy (non-hydrogen) atoms. The van der Waals surface area contributed by atoms with Crippen molar-refractivity contribution in [3.05, 3.63) is 52.4 Å². The lowest BCUT2D eigenvalue weighted by Crippen LogP contribution is -2.42. The van der Waals surface area contributed by atoms with Gasteiger partial charge in [-0.25, -0.2) is 0 Å². The van der Waals surface area contributed by atoms with Crippen molar-refractivity contribution in [2.75, 3.05) is 46.5 Å². The predicted molar refractivity (Wildman–Crippen MR) is 117 cm³/mol. The zero-order chi connectivity index (χ0) is 22.8. The van der Waals surface area contributed by atoms with Gasteiger partial charge in [0.1, 0.15) is 11.5 Å². The number of H-pyrrole nitrogens is 1. The lowest BCUT2D eigenvalue weighted by molar-refractivity contribution is -0.140. The van der Waals surface area contributed by atoms with E-state index in [0.29, 0.717) is 54.6 Å². The first-order valence-electron chi connectivity index (χ1n) is 10.7. The van der Waals surface area contributed by atoms with Crippen molar-refractivity contribution in [2.24, 2.45) is 0 Å². The molecule has 1 aromatic heterocycles. The van der Waals surface area contributed by atoms with Crippen molar-refractivity contribution in [2.45, 2.75) is 19.9 Å². The van der Waals surface area contributed by atoms with Gasteiger partial charge in [-0.05, 0) is 19.9 Å². The number of carbonyl (C=O) groups excluding carboxylic acids is 2. The topological polar surface area (TPSA) is 108 Å². The number of rotatable bonds is 6. The summed E-state index contributed by atoms with van der Waals surface area (Å²) in [5.74, 6) is -1.02. The molecule has 0 radical (unpaired) electrons. The van der Waals surface area contributed by atoms with E-state index >= 15 is 0 Å². The average molecular weight is 441 g/mol. The van der Waals surface area contributed by atoms with Crippen LogP contribution in [0.3, 0.4) is 0 Å². The number of aromatic amines is 1. The number of hydrogen-bond donors (Lipinski definition) is 2. The largest absolute Gasteiger partial charge is 0.507 e. The first-order valence-corrected chi connectivity index (χ1v) is 10.7. The van der Waals surface area contributed by atoms with Gasteiger partial charge < -0.3 is 19.5 Å². The van der Waals surface area contributed by atoms with E-state index in [-0.39, 0.29) is 11.3 Å². The monoisotopic (exact) mass is 440 g/mol. The Morgan fingerprint density at radius 1 is 1.22 bits per heavy atom.